The number of oxazole rings is 1. The quantitative estimate of drug-likeness (QED) is 0.190. The number of hydrogen-bond donors (Lipinski definition) is 1. The lowest BCUT2D eigenvalue weighted by atomic mass is 10.00. The minimum atomic E-state index is 0.458. The van der Waals surface area contributed by atoms with Crippen LogP contribution in [0.5, 0.6) is 0 Å². The summed E-state index contributed by atoms with van der Waals surface area (Å²) in [6.07, 6.45) is 6.20. The van der Waals surface area contributed by atoms with Gasteiger partial charge in [0.15, 0.2) is 0 Å². The number of aromatic nitrogens is 2. The van der Waals surface area contributed by atoms with Crippen molar-refractivity contribution < 1.29 is 9.15 Å². The fourth-order valence-corrected chi connectivity index (χ4v) is 6.28. The maximum Gasteiger partial charge on any atom is 0.225 e. The van der Waals surface area contributed by atoms with Crippen molar-refractivity contribution in [3.8, 4) is 39.4 Å². The summed E-state index contributed by atoms with van der Waals surface area (Å²) >= 11 is 0. The van der Waals surface area contributed by atoms with Crippen molar-refractivity contribution >= 4 is 32.6 Å². The fourth-order valence-electron chi connectivity index (χ4n) is 6.28. The fraction of sp³-hybridized carbons (Fsp3) is 0.0250. The molecule has 45 heavy (non-hydrogen) atoms. The molecule has 2 aromatic heterocycles. The van der Waals surface area contributed by atoms with Crippen molar-refractivity contribution in [3.05, 3.63) is 158 Å². The van der Waals surface area contributed by atoms with Gasteiger partial charge in [0, 0.05) is 27.9 Å². The molecule has 8 aromatic rings. The third-order valence-electron chi connectivity index (χ3n) is 8.34. The summed E-state index contributed by atoms with van der Waals surface area (Å²) in [5.74, 6) is 0.613. The number of ether oxygens (including phenoxy) is 1. The molecule has 5 nitrogen and oxygen atoms in total. The van der Waals surface area contributed by atoms with Crippen LogP contribution in [0.4, 0.5) is 0 Å². The first kappa shape index (κ1) is 26.5. The SMILES string of the molecule is N/C=C\OCc1cccc(-c2ccc3c4ccc(-c5cccc(-c6ncco6)c5)cc4n(-c4cccc5ccccc45)c3c2)c1. The predicted octanol–water partition coefficient (Wildman–Crippen LogP) is 9.87. The molecule has 8 rings (SSSR count). The highest BCUT2D eigenvalue weighted by Gasteiger charge is 2.17. The van der Waals surface area contributed by atoms with E-state index in [1.165, 1.54) is 34.0 Å². The molecule has 0 radical (unpaired) electrons. The second kappa shape index (κ2) is 11.2. The molecule has 0 amide bonds. The van der Waals surface area contributed by atoms with Crippen LogP contribution in [-0.4, -0.2) is 9.55 Å². The van der Waals surface area contributed by atoms with Gasteiger partial charge in [-0.3, -0.25) is 0 Å². The molecule has 0 bridgehead atoms. The van der Waals surface area contributed by atoms with E-state index in [-0.39, 0.29) is 0 Å². The number of benzene rings is 6. The van der Waals surface area contributed by atoms with Gasteiger partial charge in [0.1, 0.15) is 12.9 Å². The monoisotopic (exact) mass is 583 g/mol. The third kappa shape index (κ3) is 4.81. The van der Waals surface area contributed by atoms with Gasteiger partial charge in [-0.15, -0.1) is 0 Å². The first-order chi connectivity index (χ1) is 22.3. The average Bonchev–Trinajstić information content (AvgIpc) is 3.75. The standard InChI is InChI=1S/C40H29N3O2/c41-18-20-44-26-27-6-3-9-29(22-27)31-14-16-35-36-17-15-32(30-10-4-11-33(23-30)40-42-19-21-45-40)25-39(36)43(38(35)24-31)37-13-5-8-28-7-1-2-12-34(28)37/h1-25H,26,41H2/b20-18-. The molecule has 5 heteroatoms. The highest BCUT2D eigenvalue weighted by Crippen LogP contribution is 2.39. The summed E-state index contributed by atoms with van der Waals surface area (Å²) in [5.41, 5.74) is 15.4. The van der Waals surface area contributed by atoms with Crippen LogP contribution in [0.15, 0.2) is 157 Å². The van der Waals surface area contributed by atoms with Gasteiger partial charge >= 0.3 is 0 Å². The van der Waals surface area contributed by atoms with Gasteiger partial charge in [0.25, 0.3) is 0 Å². The molecule has 0 aliphatic carbocycles. The van der Waals surface area contributed by atoms with Crippen LogP contribution in [0, 0.1) is 0 Å². The van der Waals surface area contributed by atoms with Crippen molar-refractivity contribution in [2.24, 2.45) is 5.73 Å². The van der Waals surface area contributed by atoms with Crippen molar-refractivity contribution in [2.75, 3.05) is 0 Å². The molecule has 0 fully saturated rings. The first-order valence-electron chi connectivity index (χ1n) is 14.9. The summed E-state index contributed by atoms with van der Waals surface area (Å²) in [4.78, 5) is 4.35. The molecular formula is C40H29N3O2. The van der Waals surface area contributed by atoms with E-state index in [9.17, 15) is 0 Å². The minimum absolute atomic E-state index is 0.458. The normalized spacial score (nSPS) is 11.6. The Hall–Kier alpha value is -6.07. The Kier molecular flexibility index (Phi) is 6.61. The third-order valence-corrected chi connectivity index (χ3v) is 8.34. The Balaban J connectivity index is 1.35. The van der Waals surface area contributed by atoms with E-state index in [4.69, 9.17) is 14.9 Å². The van der Waals surface area contributed by atoms with Gasteiger partial charge in [-0.05, 0) is 69.6 Å². The van der Waals surface area contributed by atoms with E-state index in [1.807, 2.05) is 6.07 Å². The van der Waals surface area contributed by atoms with Crippen LogP contribution in [0.2, 0.25) is 0 Å². The number of fused-ring (bicyclic) bond motifs is 4. The summed E-state index contributed by atoms with van der Waals surface area (Å²) < 4.78 is 13.5. The highest BCUT2D eigenvalue weighted by atomic mass is 16.5. The number of hydrogen-bond acceptors (Lipinski definition) is 4. The average molecular weight is 584 g/mol. The minimum Gasteiger partial charge on any atom is -0.495 e. The topological polar surface area (TPSA) is 66.2 Å². The zero-order valence-corrected chi connectivity index (χ0v) is 24.4. The highest BCUT2D eigenvalue weighted by molar-refractivity contribution is 6.12. The molecule has 2 N–H and O–H groups in total. The number of rotatable bonds is 7. The van der Waals surface area contributed by atoms with Crippen LogP contribution in [-0.2, 0) is 11.3 Å². The van der Waals surface area contributed by atoms with Crippen LogP contribution in [0.25, 0.3) is 72.0 Å². The summed E-state index contributed by atoms with van der Waals surface area (Å²) in [5, 5.41) is 4.81. The van der Waals surface area contributed by atoms with Gasteiger partial charge in [0.2, 0.25) is 5.89 Å². The van der Waals surface area contributed by atoms with Gasteiger partial charge in [0.05, 0.1) is 29.2 Å². The number of nitrogens with two attached hydrogens (primary N) is 1. The summed E-state index contributed by atoms with van der Waals surface area (Å²) in [6.45, 7) is 0.458. The van der Waals surface area contributed by atoms with E-state index in [2.05, 4.69) is 131 Å². The lowest BCUT2D eigenvalue weighted by molar-refractivity contribution is 0.236. The molecule has 0 aliphatic heterocycles. The van der Waals surface area contributed by atoms with Crippen molar-refractivity contribution in [1.29, 1.82) is 0 Å². The molecule has 6 aromatic carbocycles. The molecule has 216 valence electrons. The van der Waals surface area contributed by atoms with E-state index in [1.54, 1.807) is 12.5 Å². The Morgan fingerprint density at radius 3 is 2.07 bits per heavy atom. The second-order valence-corrected chi connectivity index (χ2v) is 11.1. The van der Waals surface area contributed by atoms with Crippen molar-refractivity contribution in [3.63, 3.8) is 0 Å². The van der Waals surface area contributed by atoms with Crippen LogP contribution < -0.4 is 5.73 Å². The smallest absolute Gasteiger partial charge is 0.225 e. The summed E-state index contributed by atoms with van der Waals surface area (Å²) in [6, 6.07) is 45.4. The maximum absolute atomic E-state index is 5.59. The van der Waals surface area contributed by atoms with E-state index in [0.717, 1.165) is 50.1 Å². The molecule has 0 atom stereocenters. The lowest BCUT2D eigenvalue weighted by Gasteiger charge is -2.13. The molecule has 0 saturated carbocycles. The van der Waals surface area contributed by atoms with E-state index < -0.39 is 0 Å². The zero-order chi connectivity index (χ0) is 30.2. The van der Waals surface area contributed by atoms with Crippen LogP contribution >= 0.6 is 0 Å². The molecule has 0 spiro atoms. The number of nitrogens with zero attached hydrogens (tertiary/aromatic N) is 2. The molecule has 0 aliphatic rings. The second-order valence-electron chi connectivity index (χ2n) is 11.1. The summed E-state index contributed by atoms with van der Waals surface area (Å²) in [7, 11) is 0. The van der Waals surface area contributed by atoms with Crippen LogP contribution in [0.1, 0.15) is 5.56 Å². The van der Waals surface area contributed by atoms with Crippen LogP contribution in [0.3, 0.4) is 0 Å². The molecule has 0 saturated heterocycles. The molecular weight excluding hydrogens is 554 g/mol. The largest absolute Gasteiger partial charge is 0.495 e. The zero-order valence-electron chi connectivity index (χ0n) is 24.4. The lowest BCUT2D eigenvalue weighted by Crippen LogP contribution is -1.96. The van der Waals surface area contributed by atoms with Gasteiger partial charge < -0.3 is 19.5 Å². The first-order valence-corrected chi connectivity index (χ1v) is 14.9. The van der Waals surface area contributed by atoms with Gasteiger partial charge in [-0.25, -0.2) is 4.98 Å². The molecule has 2 heterocycles. The van der Waals surface area contributed by atoms with E-state index >= 15 is 0 Å². The predicted molar refractivity (Wildman–Crippen MR) is 183 cm³/mol. The maximum atomic E-state index is 5.59. The Labute approximate surface area is 260 Å². The Morgan fingerprint density at radius 2 is 1.31 bits per heavy atom. The Bertz CT molecular complexity index is 2340. The Morgan fingerprint density at radius 1 is 0.644 bits per heavy atom. The molecule has 0 unspecified atom stereocenters. The van der Waals surface area contributed by atoms with Crippen molar-refractivity contribution in [1.82, 2.24) is 9.55 Å². The van der Waals surface area contributed by atoms with Gasteiger partial charge in [-0.1, -0.05) is 91.0 Å². The van der Waals surface area contributed by atoms with Gasteiger partial charge in [-0.2, -0.15) is 0 Å². The van der Waals surface area contributed by atoms with Crippen molar-refractivity contribution in [2.45, 2.75) is 6.61 Å². The van der Waals surface area contributed by atoms with E-state index in [0.29, 0.717) is 12.5 Å².